The molecule has 0 aromatic heterocycles. The van der Waals surface area contributed by atoms with Crippen LogP contribution in [0.1, 0.15) is 19.4 Å². The summed E-state index contributed by atoms with van der Waals surface area (Å²) in [6.45, 7) is 5.07. The lowest BCUT2D eigenvalue weighted by atomic mass is 10.1. The summed E-state index contributed by atoms with van der Waals surface area (Å²) in [5.74, 6) is -1.14. The number of hydrogen-bond donors (Lipinski definition) is 2. The first-order chi connectivity index (χ1) is 9.99. The average Bonchev–Trinajstić information content (AvgIpc) is 2.43. The van der Waals surface area contributed by atoms with Gasteiger partial charge >= 0.3 is 5.97 Å². The van der Waals surface area contributed by atoms with Gasteiger partial charge in [0.25, 0.3) is 0 Å². The average molecular weight is 311 g/mol. The van der Waals surface area contributed by atoms with Crippen molar-refractivity contribution in [1.82, 2.24) is 5.32 Å². The van der Waals surface area contributed by atoms with Crippen molar-refractivity contribution in [3.63, 3.8) is 0 Å². The zero-order valence-corrected chi connectivity index (χ0v) is 12.9. The Morgan fingerprint density at radius 2 is 2.10 bits per heavy atom. The second-order valence-electron chi connectivity index (χ2n) is 4.32. The van der Waals surface area contributed by atoms with Crippen LogP contribution in [0.2, 0.25) is 5.02 Å². The third-order valence-electron chi connectivity index (χ3n) is 2.83. The summed E-state index contributed by atoms with van der Waals surface area (Å²) < 4.78 is 0. The fourth-order valence-corrected chi connectivity index (χ4v) is 2.24. The molecule has 2 N–H and O–H groups in total. The minimum Gasteiger partial charge on any atom is -0.478 e. The predicted molar refractivity (Wildman–Crippen MR) is 84.7 cm³/mol. The highest BCUT2D eigenvalue weighted by molar-refractivity contribution is 6.33. The smallest absolute Gasteiger partial charge is 0.328 e. The molecule has 0 aliphatic rings. The molecule has 0 heterocycles. The maximum Gasteiger partial charge on any atom is 0.328 e. The number of nitrogens with zero attached hydrogens (tertiary/aromatic N) is 1. The summed E-state index contributed by atoms with van der Waals surface area (Å²) in [6, 6.07) is 5.23. The zero-order chi connectivity index (χ0) is 15.8. The van der Waals surface area contributed by atoms with E-state index in [1.54, 1.807) is 18.2 Å². The van der Waals surface area contributed by atoms with Crippen molar-refractivity contribution in [3.05, 3.63) is 34.9 Å². The third-order valence-corrected chi connectivity index (χ3v) is 3.13. The normalized spacial score (nSPS) is 10.6. The SMILES string of the molecule is CCNC(=O)CN(CC)c1c(Cl)cccc1/C=C/C(=O)O. The first kappa shape index (κ1) is 17.0. The molecule has 0 unspecified atom stereocenters. The standard InChI is InChI=1S/C15H19ClN2O3/c1-3-17-13(19)10-18(4-2)15-11(8-9-14(20)21)6-5-7-12(15)16/h5-9H,3-4,10H2,1-2H3,(H,17,19)(H,20,21)/b9-8+. The number of amides is 1. The summed E-state index contributed by atoms with van der Waals surface area (Å²) in [5.41, 5.74) is 1.32. The second-order valence-corrected chi connectivity index (χ2v) is 4.72. The Morgan fingerprint density at radius 3 is 2.67 bits per heavy atom. The van der Waals surface area contributed by atoms with Crippen molar-refractivity contribution >= 4 is 35.2 Å². The number of likely N-dealkylation sites (N-methyl/N-ethyl adjacent to an activating group) is 2. The van der Waals surface area contributed by atoms with E-state index in [2.05, 4.69) is 5.32 Å². The molecule has 1 amide bonds. The van der Waals surface area contributed by atoms with Crippen LogP contribution in [0.3, 0.4) is 0 Å². The Balaban J connectivity index is 3.12. The van der Waals surface area contributed by atoms with Crippen LogP contribution in [-0.4, -0.2) is 36.6 Å². The number of hydrogen-bond acceptors (Lipinski definition) is 3. The van der Waals surface area contributed by atoms with Crippen molar-refractivity contribution in [1.29, 1.82) is 0 Å². The molecule has 0 radical (unpaired) electrons. The maximum atomic E-state index is 11.8. The van der Waals surface area contributed by atoms with Crippen LogP contribution >= 0.6 is 11.6 Å². The molecule has 0 saturated carbocycles. The fraction of sp³-hybridized carbons (Fsp3) is 0.333. The molecule has 0 fully saturated rings. The second kappa shape index (κ2) is 8.32. The number of para-hydroxylation sites is 1. The van der Waals surface area contributed by atoms with Gasteiger partial charge in [-0.2, -0.15) is 0 Å². The minimum atomic E-state index is -1.03. The Morgan fingerprint density at radius 1 is 1.38 bits per heavy atom. The molecule has 1 aromatic carbocycles. The van der Waals surface area contributed by atoms with Gasteiger partial charge in [-0.25, -0.2) is 4.79 Å². The summed E-state index contributed by atoms with van der Waals surface area (Å²) >= 11 is 6.22. The summed E-state index contributed by atoms with van der Waals surface area (Å²) in [5, 5.41) is 12.0. The molecule has 0 aliphatic carbocycles. The lowest BCUT2D eigenvalue weighted by Gasteiger charge is -2.25. The quantitative estimate of drug-likeness (QED) is 0.759. The van der Waals surface area contributed by atoms with Crippen LogP contribution in [0.25, 0.3) is 6.08 Å². The molecule has 21 heavy (non-hydrogen) atoms. The van der Waals surface area contributed by atoms with E-state index in [4.69, 9.17) is 16.7 Å². The van der Waals surface area contributed by atoms with Crippen LogP contribution in [-0.2, 0) is 9.59 Å². The number of carboxylic acid groups (broad SMARTS) is 1. The van der Waals surface area contributed by atoms with Gasteiger partial charge in [0, 0.05) is 19.2 Å². The monoisotopic (exact) mass is 310 g/mol. The molecule has 0 bridgehead atoms. The molecule has 0 saturated heterocycles. The Bertz CT molecular complexity index is 544. The van der Waals surface area contributed by atoms with Crippen LogP contribution < -0.4 is 10.2 Å². The Labute approximate surface area is 129 Å². The summed E-state index contributed by atoms with van der Waals surface area (Å²) in [4.78, 5) is 24.3. The van der Waals surface area contributed by atoms with Gasteiger partial charge in [-0.05, 0) is 31.6 Å². The van der Waals surface area contributed by atoms with Gasteiger partial charge in [0.1, 0.15) is 0 Å². The van der Waals surface area contributed by atoms with Crippen molar-refractivity contribution in [2.24, 2.45) is 0 Å². The van der Waals surface area contributed by atoms with Crippen molar-refractivity contribution in [2.45, 2.75) is 13.8 Å². The number of anilines is 1. The van der Waals surface area contributed by atoms with E-state index in [-0.39, 0.29) is 12.5 Å². The largest absolute Gasteiger partial charge is 0.478 e. The molecule has 1 aromatic rings. The van der Waals surface area contributed by atoms with Gasteiger partial charge in [0.2, 0.25) is 5.91 Å². The number of carbonyl (C=O) groups is 2. The van der Waals surface area contributed by atoms with Gasteiger partial charge < -0.3 is 15.3 Å². The van der Waals surface area contributed by atoms with Gasteiger partial charge in [0.15, 0.2) is 0 Å². The van der Waals surface area contributed by atoms with E-state index < -0.39 is 5.97 Å². The number of carbonyl (C=O) groups excluding carboxylic acids is 1. The topological polar surface area (TPSA) is 69.6 Å². The number of nitrogens with one attached hydrogen (secondary N) is 1. The van der Waals surface area contributed by atoms with Crippen molar-refractivity contribution in [3.8, 4) is 0 Å². The first-order valence-electron chi connectivity index (χ1n) is 6.70. The zero-order valence-electron chi connectivity index (χ0n) is 12.1. The lowest BCUT2D eigenvalue weighted by molar-refractivity contribution is -0.131. The van der Waals surface area contributed by atoms with E-state index in [9.17, 15) is 9.59 Å². The number of rotatable bonds is 7. The van der Waals surface area contributed by atoms with Crippen LogP contribution in [0, 0.1) is 0 Å². The van der Waals surface area contributed by atoms with Gasteiger partial charge in [0.05, 0.1) is 17.3 Å². The van der Waals surface area contributed by atoms with Gasteiger partial charge in [-0.3, -0.25) is 4.79 Å². The van der Waals surface area contributed by atoms with E-state index in [1.165, 1.54) is 6.08 Å². The molecular formula is C15H19ClN2O3. The number of halogens is 1. The molecule has 0 atom stereocenters. The molecule has 1 rings (SSSR count). The molecule has 0 aliphatic heterocycles. The fourth-order valence-electron chi connectivity index (χ4n) is 1.94. The van der Waals surface area contributed by atoms with Gasteiger partial charge in [-0.15, -0.1) is 0 Å². The summed E-state index contributed by atoms with van der Waals surface area (Å²) in [7, 11) is 0. The molecule has 0 spiro atoms. The first-order valence-corrected chi connectivity index (χ1v) is 7.08. The number of aliphatic carboxylic acids is 1. The third kappa shape index (κ3) is 5.11. The minimum absolute atomic E-state index is 0.104. The summed E-state index contributed by atoms with van der Waals surface area (Å²) in [6.07, 6.45) is 2.53. The van der Waals surface area contributed by atoms with E-state index in [0.717, 1.165) is 6.08 Å². The number of benzene rings is 1. The Hall–Kier alpha value is -2.01. The Kier molecular flexibility index (Phi) is 6.75. The molecule has 6 heteroatoms. The highest BCUT2D eigenvalue weighted by atomic mass is 35.5. The van der Waals surface area contributed by atoms with Crippen LogP contribution in [0.5, 0.6) is 0 Å². The van der Waals surface area contributed by atoms with E-state index >= 15 is 0 Å². The highest BCUT2D eigenvalue weighted by Crippen LogP contribution is 2.30. The van der Waals surface area contributed by atoms with Crippen molar-refractivity contribution < 1.29 is 14.7 Å². The highest BCUT2D eigenvalue weighted by Gasteiger charge is 2.15. The van der Waals surface area contributed by atoms with E-state index in [1.807, 2.05) is 18.7 Å². The van der Waals surface area contributed by atoms with Crippen LogP contribution in [0.15, 0.2) is 24.3 Å². The van der Waals surface area contributed by atoms with Crippen molar-refractivity contribution in [2.75, 3.05) is 24.5 Å². The number of carboxylic acids is 1. The molecule has 5 nitrogen and oxygen atoms in total. The lowest BCUT2D eigenvalue weighted by Crippen LogP contribution is -2.37. The van der Waals surface area contributed by atoms with E-state index in [0.29, 0.717) is 29.4 Å². The molecule has 114 valence electrons. The predicted octanol–water partition coefficient (Wildman–Crippen LogP) is 2.40. The maximum absolute atomic E-state index is 11.8. The van der Waals surface area contributed by atoms with Crippen LogP contribution in [0.4, 0.5) is 5.69 Å². The molecular weight excluding hydrogens is 292 g/mol. The van der Waals surface area contributed by atoms with Gasteiger partial charge in [-0.1, -0.05) is 23.7 Å².